The number of benzene rings is 9. The molecule has 1 aliphatic carbocycles. The molecule has 13 rings (SSSR count). The molecule has 0 radical (unpaired) electrons. The Morgan fingerprint density at radius 3 is 1.91 bits per heavy atom. The van der Waals surface area contributed by atoms with Crippen LogP contribution in [0.4, 0.5) is 17.1 Å². The average Bonchev–Trinajstić information content (AvgIpc) is 4.05. The zero-order chi connectivity index (χ0) is 42.1. The van der Waals surface area contributed by atoms with Crippen molar-refractivity contribution in [2.75, 3.05) is 4.90 Å². The van der Waals surface area contributed by atoms with Gasteiger partial charge in [0.1, 0.15) is 0 Å². The second-order valence-electron chi connectivity index (χ2n) is 16.7. The van der Waals surface area contributed by atoms with E-state index in [0.29, 0.717) is 0 Å². The highest BCUT2D eigenvalue weighted by molar-refractivity contribution is 6.18. The Morgan fingerprint density at radius 2 is 1.08 bits per heavy atom. The lowest BCUT2D eigenvalue weighted by Crippen LogP contribution is -2.10. The van der Waals surface area contributed by atoms with Gasteiger partial charge in [0.25, 0.3) is 0 Å². The SMILES string of the molecule is C1=Cc2c(n(-c3ccc(-c4ccc(N(c5ccccc5)c5cccc6ccccc56)cc4)cc3)c3ccc(-n4ncc5c4ccc4c6ccccc6n(-c6ccccc6)c45)cc23)CC1. The molecule has 0 N–H and O–H groups in total. The Balaban J connectivity index is 0.865. The maximum Gasteiger partial charge on any atom is 0.0762 e. The zero-order valence-electron chi connectivity index (χ0n) is 35.0. The number of rotatable bonds is 7. The Kier molecular flexibility index (Phi) is 8.28. The second-order valence-corrected chi connectivity index (χ2v) is 16.7. The minimum atomic E-state index is 0.987. The first-order chi connectivity index (χ1) is 31.8. The van der Waals surface area contributed by atoms with E-state index in [1.165, 1.54) is 71.6 Å². The van der Waals surface area contributed by atoms with Gasteiger partial charge in [-0.1, -0.05) is 127 Å². The number of fused-ring (bicyclic) bond motifs is 9. The number of allylic oxidation sites excluding steroid dienone is 1. The van der Waals surface area contributed by atoms with Crippen LogP contribution in [0.1, 0.15) is 17.7 Å². The van der Waals surface area contributed by atoms with E-state index in [-0.39, 0.29) is 0 Å². The highest BCUT2D eigenvalue weighted by Crippen LogP contribution is 2.41. The topological polar surface area (TPSA) is 30.9 Å². The van der Waals surface area contributed by atoms with Crippen molar-refractivity contribution < 1.29 is 0 Å². The summed E-state index contributed by atoms with van der Waals surface area (Å²) >= 11 is 0. The maximum atomic E-state index is 5.08. The minimum absolute atomic E-state index is 0.987. The molecule has 0 amide bonds. The lowest BCUT2D eigenvalue weighted by molar-refractivity contribution is 0.888. The van der Waals surface area contributed by atoms with Crippen LogP contribution < -0.4 is 4.90 Å². The third-order valence-electron chi connectivity index (χ3n) is 13.2. The fourth-order valence-corrected chi connectivity index (χ4v) is 10.3. The molecule has 302 valence electrons. The second kappa shape index (κ2) is 14.6. The summed E-state index contributed by atoms with van der Waals surface area (Å²) in [7, 11) is 0. The summed E-state index contributed by atoms with van der Waals surface area (Å²) in [6.45, 7) is 0. The van der Waals surface area contributed by atoms with Gasteiger partial charge in [0.15, 0.2) is 0 Å². The highest BCUT2D eigenvalue weighted by Gasteiger charge is 2.22. The molecule has 0 unspecified atom stereocenters. The van der Waals surface area contributed by atoms with E-state index in [2.05, 4.69) is 237 Å². The van der Waals surface area contributed by atoms with E-state index in [1.807, 2.05) is 6.20 Å². The van der Waals surface area contributed by atoms with Crippen LogP contribution in [0, 0.1) is 0 Å². The van der Waals surface area contributed by atoms with Gasteiger partial charge in [0.2, 0.25) is 0 Å². The van der Waals surface area contributed by atoms with Gasteiger partial charge in [-0.15, -0.1) is 0 Å². The van der Waals surface area contributed by atoms with Gasteiger partial charge < -0.3 is 14.0 Å². The molecule has 0 atom stereocenters. The van der Waals surface area contributed by atoms with Crippen LogP contribution in [0.3, 0.4) is 0 Å². The molecule has 5 heteroatoms. The smallest absolute Gasteiger partial charge is 0.0762 e. The van der Waals surface area contributed by atoms with E-state index in [0.717, 1.165) is 52.2 Å². The van der Waals surface area contributed by atoms with Crippen LogP contribution in [0.5, 0.6) is 0 Å². The molecular weight excluding hydrogens is 779 g/mol. The number of nitrogens with zero attached hydrogens (tertiary/aromatic N) is 5. The predicted octanol–water partition coefficient (Wildman–Crippen LogP) is 15.3. The molecule has 1 aliphatic rings. The van der Waals surface area contributed by atoms with Gasteiger partial charge >= 0.3 is 0 Å². The summed E-state index contributed by atoms with van der Waals surface area (Å²) in [5, 5.41) is 12.4. The van der Waals surface area contributed by atoms with Crippen LogP contribution >= 0.6 is 0 Å². The van der Waals surface area contributed by atoms with Crippen LogP contribution in [0.15, 0.2) is 219 Å². The van der Waals surface area contributed by atoms with Gasteiger partial charge in [0, 0.05) is 60.9 Å². The Morgan fingerprint density at radius 1 is 0.438 bits per heavy atom. The van der Waals surface area contributed by atoms with E-state index >= 15 is 0 Å². The molecule has 9 aromatic carbocycles. The van der Waals surface area contributed by atoms with E-state index in [9.17, 15) is 0 Å². The van der Waals surface area contributed by atoms with Gasteiger partial charge in [-0.05, 0) is 120 Å². The number of aromatic nitrogens is 4. The van der Waals surface area contributed by atoms with Gasteiger partial charge in [-0.25, -0.2) is 4.68 Å². The molecule has 0 fully saturated rings. The molecule has 3 heterocycles. The summed E-state index contributed by atoms with van der Waals surface area (Å²) in [5.41, 5.74) is 16.4. The molecule has 12 aromatic rings. The first-order valence-corrected chi connectivity index (χ1v) is 22.1. The van der Waals surface area contributed by atoms with Gasteiger partial charge in [-0.3, -0.25) is 0 Å². The fourth-order valence-electron chi connectivity index (χ4n) is 10.3. The third-order valence-corrected chi connectivity index (χ3v) is 13.2. The molecule has 0 bridgehead atoms. The van der Waals surface area contributed by atoms with Crippen LogP contribution in [0.2, 0.25) is 0 Å². The average molecular weight is 820 g/mol. The van der Waals surface area contributed by atoms with Crippen molar-refractivity contribution in [3.05, 3.63) is 230 Å². The summed E-state index contributed by atoms with van der Waals surface area (Å²) in [6.07, 6.45) is 8.68. The highest BCUT2D eigenvalue weighted by atomic mass is 15.3. The number of hydrogen-bond donors (Lipinski definition) is 0. The lowest BCUT2D eigenvalue weighted by Gasteiger charge is -2.27. The number of anilines is 3. The van der Waals surface area contributed by atoms with Crippen LogP contribution in [0.25, 0.3) is 88.6 Å². The van der Waals surface area contributed by atoms with Crippen molar-refractivity contribution in [3.63, 3.8) is 0 Å². The zero-order valence-corrected chi connectivity index (χ0v) is 35.0. The van der Waals surface area contributed by atoms with Crippen LogP contribution in [-0.2, 0) is 6.42 Å². The minimum Gasteiger partial charge on any atom is -0.313 e. The van der Waals surface area contributed by atoms with Gasteiger partial charge in [0.05, 0.1) is 39.6 Å². The van der Waals surface area contributed by atoms with Crippen molar-refractivity contribution in [3.8, 4) is 28.2 Å². The first-order valence-electron chi connectivity index (χ1n) is 22.1. The van der Waals surface area contributed by atoms with Crippen molar-refractivity contribution in [2.45, 2.75) is 12.8 Å². The van der Waals surface area contributed by atoms with Crippen molar-refractivity contribution in [1.29, 1.82) is 0 Å². The van der Waals surface area contributed by atoms with Crippen molar-refractivity contribution in [1.82, 2.24) is 18.9 Å². The number of hydrogen-bond acceptors (Lipinski definition) is 2. The summed E-state index contributed by atoms with van der Waals surface area (Å²) in [5.74, 6) is 0. The van der Waals surface area contributed by atoms with Crippen LogP contribution in [-0.4, -0.2) is 18.9 Å². The third kappa shape index (κ3) is 5.68. The Labute approximate surface area is 370 Å². The molecule has 3 aromatic heterocycles. The van der Waals surface area contributed by atoms with Crippen molar-refractivity contribution >= 4 is 77.5 Å². The molecular formula is C59H41N5. The van der Waals surface area contributed by atoms with E-state index < -0.39 is 0 Å². The largest absolute Gasteiger partial charge is 0.313 e. The van der Waals surface area contributed by atoms with E-state index in [4.69, 9.17) is 5.10 Å². The molecule has 5 nitrogen and oxygen atoms in total. The Bertz CT molecular complexity index is 3750. The monoisotopic (exact) mass is 819 g/mol. The standard InChI is InChI=1S/C59H41N5/c1-3-16-43(17-4-1)61(54-25-13-15-42-14-7-8-20-48(42)54)45-30-26-40(27-31-45)41-28-32-46(33-29-41)62-55-23-11-10-22-50(55)52-38-47(34-36-57(52)62)64-58-37-35-51-49-21-9-12-24-56(49)63(44-18-5-2-6-19-44)59(51)53(58)39-60-64/h1-10,12-22,24-39H,11,23H2. The number of para-hydroxylation sites is 3. The summed E-state index contributed by atoms with van der Waals surface area (Å²) in [6, 6.07) is 74.5. The van der Waals surface area contributed by atoms with Gasteiger partial charge in [-0.2, -0.15) is 5.10 Å². The predicted molar refractivity (Wildman–Crippen MR) is 267 cm³/mol. The molecule has 0 spiro atoms. The summed E-state index contributed by atoms with van der Waals surface area (Å²) < 4.78 is 6.96. The molecule has 0 saturated carbocycles. The molecule has 0 aliphatic heterocycles. The molecule has 64 heavy (non-hydrogen) atoms. The lowest BCUT2D eigenvalue weighted by atomic mass is 10.0. The Hall–Kier alpha value is -8.41. The molecule has 0 saturated heterocycles. The fraction of sp³-hybridized carbons (Fsp3) is 0.0339. The van der Waals surface area contributed by atoms with Crippen molar-refractivity contribution in [2.24, 2.45) is 0 Å². The summed E-state index contributed by atoms with van der Waals surface area (Å²) in [4.78, 5) is 2.36. The quantitative estimate of drug-likeness (QED) is 0.160. The maximum absolute atomic E-state index is 5.08. The first kappa shape index (κ1) is 36.3. The normalized spacial score (nSPS) is 12.5. The van der Waals surface area contributed by atoms with E-state index in [1.54, 1.807) is 0 Å².